The number of nitrogens with zero attached hydrogens (tertiary/aromatic N) is 4. The Balaban J connectivity index is 1.78. The third-order valence-electron chi connectivity index (χ3n) is 3.63. The molecule has 2 heterocycles. The van der Waals surface area contributed by atoms with Gasteiger partial charge >= 0.3 is 0 Å². The van der Waals surface area contributed by atoms with Crippen LogP contribution in [0.3, 0.4) is 0 Å². The van der Waals surface area contributed by atoms with E-state index in [1.54, 1.807) is 25.1 Å². The minimum Gasteiger partial charge on any atom is -0.301 e. The van der Waals surface area contributed by atoms with Crippen molar-refractivity contribution in [2.24, 2.45) is 0 Å². The molecule has 1 atom stereocenters. The van der Waals surface area contributed by atoms with Gasteiger partial charge in [-0.05, 0) is 38.1 Å². The van der Waals surface area contributed by atoms with Gasteiger partial charge in [0.25, 0.3) is 0 Å². The molecule has 0 fully saturated rings. The lowest BCUT2D eigenvalue weighted by molar-refractivity contribution is -0.115. The molecule has 0 spiro atoms. The molecule has 2 aromatic heterocycles. The lowest BCUT2D eigenvalue weighted by atomic mass is 10.2. The number of thioether (sulfide) groups is 1. The van der Waals surface area contributed by atoms with Crippen LogP contribution in [0.4, 0.5) is 9.52 Å². The molecule has 3 rings (SSSR count). The van der Waals surface area contributed by atoms with Crippen LogP contribution in [0.2, 0.25) is 0 Å². The van der Waals surface area contributed by atoms with Crippen molar-refractivity contribution in [1.29, 1.82) is 0 Å². The highest BCUT2D eigenvalue weighted by Gasteiger charge is 2.21. The average molecular weight is 404 g/mol. The van der Waals surface area contributed by atoms with Crippen molar-refractivity contribution >= 4 is 34.1 Å². The van der Waals surface area contributed by atoms with Crippen molar-refractivity contribution in [3.05, 3.63) is 53.8 Å². The predicted octanol–water partition coefficient (Wildman–Crippen LogP) is 4.15. The number of aryl methyl sites for hydroxylation is 1. The smallest absolute Gasteiger partial charge is 0.239 e. The Morgan fingerprint density at radius 3 is 2.78 bits per heavy atom. The number of allylic oxidation sites excluding steroid dienone is 1. The Labute approximate surface area is 164 Å². The van der Waals surface area contributed by atoms with Gasteiger partial charge in [-0.1, -0.05) is 17.8 Å². The van der Waals surface area contributed by atoms with Crippen LogP contribution in [0.1, 0.15) is 12.6 Å². The van der Waals surface area contributed by atoms with Gasteiger partial charge in [0.2, 0.25) is 5.91 Å². The Kier molecular flexibility index (Phi) is 6.02. The van der Waals surface area contributed by atoms with Crippen LogP contribution in [0, 0.1) is 12.7 Å². The summed E-state index contributed by atoms with van der Waals surface area (Å²) in [7, 11) is 0. The van der Waals surface area contributed by atoms with Gasteiger partial charge in [0.15, 0.2) is 16.1 Å². The van der Waals surface area contributed by atoms with Gasteiger partial charge in [0.05, 0.1) is 10.9 Å². The number of thiazole rings is 1. The first kappa shape index (κ1) is 19.2. The number of carbonyl (C=O) groups is 1. The first-order valence-electron chi connectivity index (χ1n) is 8.17. The molecule has 0 aliphatic heterocycles. The molecule has 0 aliphatic rings. The van der Waals surface area contributed by atoms with Crippen LogP contribution in [0.5, 0.6) is 0 Å². The molecule has 3 aromatic rings. The molecule has 6 nitrogen and oxygen atoms in total. The van der Waals surface area contributed by atoms with Crippen LogP contribution in [-0.2, 0) is 11.3 Å². The van der Waals surface area contributed by atoms with E-state index >= 15 is 0 Å². The maximum Gasteiger partial charge on any atom is 0.239 e. The fourth-order valence-electron chi connectivity index (χ4n) is 2.31. The number of rotatable bonds is 7. The van der Waals surface area contributed by atoms with Crippen molar-refractivity contribution in [1.82, 2.24) is 19.7 Å². The summed E-state index contributed by atoms with van der Waals surface area (Å²) in [5, 5.41) is 13.9. The zero-order valence-corrected chi connectivity index (χ0v) is 16.5. The minimum absolute atomic E-state index is 0.161. The third-order valence-corrected chi connectivity index (χ3v) is 5.59. The highest BCUT2D eigenvalue weighted by molar-refractivity contribution is 8.00. The quantitative estimate of drug-likeness (QED) is 0.474. The van der Waals surface area contributed by atoms with E-state index in [-0.39, 0.29) is 11.7 Å². The minimum atomic E-state index is -0.400. The zero-order valence-electron chi connectivity index (χ0n) is 14.8. The molecule has 1 amide bonds. The Hall–Kier alpha value is -2.52. The number of halogens is 1. The van der Waals surface area contributed by atoms with Gasteiger partial charge in [-0.15, -0.1) is 28.1 Å². The van der Waals surface area contributed by atoms with E-state index in [4.69, 9.17) is 0 Å². The van der Waals surface area contributed by atoms with E-state index < -0.39 is 5.25 Å². The molecule has 1 N–H and O–H groups in total. The summed E-state index contributed by atoms with van der Waals surface area (Å²) in [6.07, 6.45) is 1.73. The van der Waals surface area contributed by atoms with E-state index in [0.29, 0.717) is 22.7 Å². The van der Waals surface area contributed by atoms with E-state index in [1.807, 2.05) is 16.9 Å². The highest BCUT2D eigenvalue weighted by Crippen LogP contribution is 2.28. The number of benzene rings is 1. The number of hydrogen-bond acceptors (Lipinski definition) is 6. The molecule has 0 unspecified atom stereocenters. The monoisotopic (exact) mass is 403 g/mol. The first-order valence-corrected chi connectivity index (χ1v) is 9.93. The summed E-state index contributed by atoms with van der Waals surface area (Å²) in [5.74, 6) is 0.122. The Morgan fingerprint density at radius 2 is 2.15 bits per heavy atom. The van der Waals surface area contributed by atoms with E-state index in [9.17, 15) is 9.18 Å². The van der Waals surface area contributed by atoms with Crippen molar-refractivity contribution in [2.45, 2.75) is 30.8 Å². The maximum atomic E-state index is 13.2. The maximum absolute atomic E-state index is 13.2. The van der Waals surface area contributed by atoms with Crippen LogP contribution in [0.15, 0.2) is 47.5 Å². The topological polar surface area (TPSA) is 72.7 Å². The van der Waals surface area contributed by atoms with Gasteiger partial charge in [-0.2, -0.15) is 0 Å². The van der Waals surface area contributed by atoms with Gasteiger partial charge in [-0.3, -0.25) is 9.36 Å². The number of anilines is 1. The lowest BCUT2D eigenvalue weighted by Gasteiger charge is -2.12. The zero-order chi connectivity index (χ0) is 19.4. The summed E-state index contributed by atoms with van der Waals surface area (Å²) in [5.41, 5.74) is 1.61. The van der Waals surface area contributed by atoms with Crippen LogP contribution < -0.4 is 5.32 Å². The normalized spacial score (nSPS) is 12.0. The molecule has 0 bridgehead atoms. The van der Waals surface area contributed by atoms with Crippen molar-refractivity contribution in [3.8, 4) is 11.4 Å². The Bertz CT molecular complexity index is 951. The third kappa shape index (κ3) is 4.61. The number of hydrogen-bond donors (Lipinski definition) is 1. The fraction of sp³-hybridized carbons (Fsp3) is 0.222. The molecular weight excluding hydrogens is 385 g/mol. The van der Waals surface area contributed by atoms with Crippen LogP contribution >= 0.6 is 23.1 Å². The van der Waals surface area contributed by atoms with Crippen molar-refractivity contribution in [2.75, 3.05) is 5.32 Å². The predicted molar refractivity (Wildman–Crippen MR) is 106 cm³/mol. The second-order valence-corrected chi connectivity index (χ2v) is 7.92. The second kappa shape index (κ2) is 8.45. The van der Waals surface area contributed by atoms with E-state index in [2.05, 4.69) is 27.1 Å². The largest absolute Gasteiger partial charge is 0.301 e. The van der Waals surface area contributed by atoms with Gasteiger partial charge in [0, 0.05) is 17.5 Å². The van der Waals surface area contributed by atoms with Gasteiger partial charge < -0.3 is 5.32 Å². The number of nitrogens with one attached hydrogen (secondary N) is 1. The summed E-state index contributed by atoms with van der Waals surface area (Å²) in [4.78, 5) is 16.7. The second-order valence-electron chi connectivity index (χ2n) is 5.76. The molecule has 0 radical (unpaired) electrons. The Morgan fingerprint density at radius 1 is 1.41 bits per heavy atom. The number of aromatic nitrogens is 4. The molecule has 140 valence electrons. The molecule has 27 heavy (non-hydrogen) atoms. The van der Waals surface area contributed by atoms with Crippen molar-refractivity contribution < 1.29 is 9.18 Å². The number of amides is 1. The van der Waals surface area contributed by atoms with Gasteiger partial charge in [0.1, 0.15) is 5.82 Å². The fourth-order valence-corrected chi connectivity index (χ4v) is 3.86. The molecule has 1 aromatic carbocycles. The summed E-state index contributed by atoms with van der Waals surface area (Å²) >= 11 is 2.68. The standard InChI is InChI=1S/C18H18FN5OS2/c1-4-9-24-15(13-5-7-14(19)8-6-13)22-23-18(24)27-12(3)16(25)21-17-20-11(2)10-26-17/h4-8,10,12H,1,9H2,2-3H3,(H,20,21,25)/t12-/m0/s1. The molecule has 0 saturated heterocycles. The molecular formula is C18H18FN5OS2. The van der Waals surface area contributed by atoms with Gasteiger partial charge in [-0.25, -0.2) is 9.37 Å². The summed E-state index contributed by atoms with van der Waals surface area (Å²) in [6, 6.07) is 6.05. The number of carbonyl (C=O) groups excluding carboxylic acids is 1. The highest BCUT2D eigenvalue weighted by atomic mass is 32.2. The van der Waals surface area contributed by atoms with Crippen molar-refractivity contribution in [3.63, 3.8) is 0 Å². The van der Waals surface area contributed by atoms with Crippen LogP contribution in [-0.4, -0.2) is 30.9 Å². The average Bonchev–Trinajstić information content (AvgIpc) is 3.22. The summed E-state index contributed by atoms with van der Waals surface area (Å²) in [6.45, 7) is 7.91. The molecule has 9 heteroatoms. The molecule has 0 aliphatic carbocycles. The molecule has 0 saturated carbocycles. The van der Waals surface area contributed by atoms with E-state index in [0.717, 1.165) is 11.3 Å². The van der Waals surface area contributed by atoms with Crippen LogP contribution in [0.25, 0.3) is 11.4 Å². The summed E-state index contributed by atoms with van der Waals surface area (Å²) < 4.78 is 15.0. The van der Waals surface area contributed by atoms with E-state index in [1.165, 1.54) is 35.2 Å². The first-order chi connectivity index (χ1) is 13.0. The SMILES string of the molecule is C=CCn1c(S[C@@H](C)C(=O)Nc2nc(C)cs2)nnc1-c1ccc(F)cc1. The lowest BCUT2D eigenvalue weighted by Crippen LogP contribution is -2.22.